The molecule has 2 N–H and O–H groups in total. The zero-order valence-corrected chi connectivity index (χ0v) is 15.9. The smallest absolute Gasteiger partial charge is 0.241 e. The van der Waals surface area contributed by atoms with Crippen LogP contribution in [0.4, 0.5) is 0 Å². The van der Waals surface area contributed by atoms with Crippen molar-refractivity contribution in [2.75, 3.05) is 13.2 Å². The number of aliphatic hydroxyl groups excluding tert-OH is 1. The van der Waals surface area contributed by atoms with E-state index in [4.69, 9.17) is 0 Å². The molecule has 0 saturated carbocycles. The Balaban J connectivity index is 2.22. The van der Waals surface area contributed by atoms with Crippen molar-refractivity contribution in [2.24, 2.45) is 5.92 Å². The van der Waals surface area contributed by atoms with Crippen molar-refractivity contribution in [1.29, 1.82) is 0 Å². The van der Waals surface area contributed by atoms with Crippen LogP contribution in [0.2, 0.25) is 0 Å². The van der Waals surface area contributed by atoms with Crippen molar-refractivity contribution < 1.29 is 18.3 Å². The second-order valence-electron chi connectivity index (χ2n) is 7.13. The highest BCUT2D eigenvalue weighted by Crippen LogP contribution is 2.21. The molecule has 1 saturated heterocycles. The number of carbonyl (C=O) groups excluding carboxylic acids is 1. The van der Waals surface area contributed by atoms with Crippen LogP contribution in [0.25, 0.3) is 0 Å². The van der Waals surface area contributed by atoms with Gasteiger partial charge in [-0.15, -0.1) is 0 Å². The predicted molar refractivity (Wildman–Crippen MR) is 96.6 cm³/mol. The number of carbonyl (C=O) groups is 1. The summed E-state index contributed by atoms with van der Waals surface area (Å²) in [5, 5.41) is 9.45. The molecule has 25 heavy (non-hydrogen) atoms. The highest BCUT2D eigenvalue weighted by molar-refractivity contribution is 7.89. The van der Waals surface area contributed by atoms with Crippen molar-refractivity contribution in [2.45, 2.75) is 57.0 Å². The van der Waals surface area contributed by atoms with Crippen molar-refractivity contribution in [3.8, 4) is 0 Å². The third-order valence-electron chi connectivity index (χ3n) is 4.50. The topological polar surface area (TPSA) is 86.7 Å². The molecule has 0 aliphatic carbocycles. The van der Waals surface area contributed by atoms with Crippen LogP contribution in [-0.2, 0) is 14.8 Å². The number of nitrogens with zero attached hydrogens (tertiary/aromatic N) is 1. The van der Waals surface area contributed by atoms with Crippen molar-refractivity contribution in [1.82, 2.24) is 9.62 Å². The Hall–Kier alpha value is -1.44. The van der Waals surface area contributed by atoms with E-state index >= 15 is 0 Å². The SMILES string of the molecule is Cc1ccc(S(=O)(=O)NC(CC(C)C)C(=O)N2CCCC2CO)cc1. The lowest BCUT2D eigenvalue weighted by molar-refractivity contribution is -0.134. The first-order valence-electron chi connectivity index (χ1n) is 8.75. The van der Waals surface area contributed by atoms with Gasteiger partial charge in [0.1, 0.15) is 6.04 Å². The summed E-state index contributed by atoms with van der Waals surface area (Å²) in [6.45, 7) is 6.26. The lowest BCUT2D eigenvalue weighted by atomic mass is 10.0. The number of rotatable bonds is 7. The normalized spacial score (nSPS) is 19.4. The number of amides is 1. The Morgan fingerprint density at radius 2 is 1.96 bits per heavy atom. The summed E-state index contributed by atoms with van der Waals surface area (Å²) in [4.78, 5) is 14.7. The lowest BCUT2D eigenvalue weighted by Gasteiger charge is -2.29. The van der Waals surface area contributed by atoms with E-state index in [1.165, 1.54) is 0 Å². The third kappa shape index (κ3) is 5.03. The van der Waals surface area contributed by atoms with Gasteiger partial charge in [0, 0.05) is 6.54 Å². The lowest BCUT2D eigenvalue weighted by Crippen LogP contribution is -2.51. The maximum atomic E-state index is 12.9. The van der Waals surface area contributed by atoms with Crippen LogP contribution in [0.5, 0.6) is 0 Å². The average molecular weight is 368 g/mol. The molecule has 1 aromatic rings. The van der Waals surface area contributed by atoms with Crippen LogP contribution < -0.4 is 4.72 Å². The molecular formula is C18H28N2O4S. The van der Waals surface area contributed by atoms with Crippen molar-refractivity contribution in [3.63, 3.8) is 0 Å². The molecule has 2 unspecified atom stereocenters. The second kappa shape index (κ2) is 8.29. The molecule has 0 spiro atoms. The van der Waals surface area contributed by atoms with E-state index in [-0.39, 0.29) is 29.4 Å². The summed E-state index contributed by atoms with van der Waals surface area (Å²) >= 11 is 0. The van der Waals surface area contributed by atoms with Gasteiger partial charge in [-0.2, -0.15) is 4.72 Å². The number of hydrogen-bond donors (Lipinski definition) is 2. The molecule has 2 rings (SSSR count). The average Bonchev–Trinajstić information content (AvgIpc) is 3.01. The Bertz CT molecular complexity index is 686. The first-order chi connectivity index (χ1) is 11.7. The molecule has 1 aromatic carbocycles. The minimum atomic E-state index is -3.78. The van der Waals surface area contributed by atoms with Gasteiger partial charge in [0.2, 0.25) is 15.9 Å². The number of hydrogen-bond acceptors (Lipinski definition) is 4. The highest BCUT2D eigenvalue weighted by atomic mass is 32.2. The predicted octanol–water partition coefficient (Wildman–Crippen LogP) is 1.67. The summed E-state index contributed by atoms with van der Waals surface area (Å²) < 4.78 is 27.9. The van der Waals surface area contributed by atoms with Gasteiger partial charge in [-0.1, -0.05) is 31.5 Å². The fraction of sp³-hybridized carbons (Fsp3) is 0.611. The number of aryl methyl sites for hydroxylation is 1. The van der Waals surface area contributed by atoms with Crippen LogP contribution in [0.1, 0.15) is 38.7 Å². The maximum absolute atomic E-state index is 12.9. The summed E-state index contributed by atoms with van der Waals surface area (Å²) in [6, 6.07) is 5.51. The minimum absolute atomic E-state index is 0.0924. The number of nitrogens with one attached hydrogen (secondary N) is 1. The molecule has 2 atom stereocenters. The molecule has 140 valence electrons. The van der Waals surface area contributed by atoms with E-state index < -0.39 is 16.1 Å². The van der Waals surface area contributed by atoms with Gasteiger partial charge in [0.15, 0.2) is 0 Å². The van der Waals surface area contributed by atoms with Crippen LogP contribution in [0.15, 0.2) is 29.2 Å². The monoisotopic (exact) mass is 368 g/mol. The number of benzene rings is 1. The Morgan fingerprint density at radius 1 is 1.32 bits per heavy atom. The zero-order valence-electron chi connectivity index (χ0n) is 15.1. The number of aliphatic hydroxyl groups is 1. The molecule has 1 aliphatic rings. The standard InChI is InChI=1S/C18H28N2O4S/c1-13(2)11-17(18(22)20-10-4-5-15(20)12-21)19-25(23,24)16-8-6-14(3)7-9-16/h6-9,13,15,17,19,21H,4-5,10-12H2,1-3H3. The van der Waals surface area contributed by atoms with E-state index in [1.807, 2.05) is 20.8 Å². The first-order valence-corrected chi connectivity index (χ1v) is 10.2. The molecule has 1 aliphatic heterocycles. The molecule has 0 bridgehead atoms. The largest absolute Gasteiger partial charge is 0.394 e. The summed E-state index contributed by atoms with van der Waals surface area (Å²) in [5.41, 5.74) is 0.969. The van der Waals surface area contributed by atoms with E-state index in [2.05, 4.69) is 4.72 Å². The van der Waals surface area contributed by atoms with Gasteiger partial charge in [-0.05, 0) is 44.2 Å². The number of sulfonamides is 1. The first kappa shape index (κ1) is 19.9. The van der Waals surface area contributed by atoms with Gasteiger partial charge < -0.3 is 10.0 Å². The van der Waals surface area contributed by atoms with E-state index in [1.54, 1.807) is 29.2 Å². The van der Waals surface area contributed by atoms with Crippen LogP contribution in [0, 0.1) is 12.8 Å². The molecule has 7 heteroatoms. The fourth-order valence-corrected chi connectivity index (χ4v) is 4.36. The summed E-state index contributed by atoms with van der Waals surface area (Å²) in [6.07, 6.45) is 2.00. The maximum Gasteiger partial charge on any atom is 0.241 e. The summed E-state index contributed by atoms with van der Waals surface area (Å²) in [7, 11) is -3.78. The minimum Gasteiger partial charge on any atom is -0.394 e. The Labute approximate surface area is 150 Å². The quantitative estimate of drug-likeness (QED) is 0.766. The van der Waals surface area contributed by atoms with Gasteiger partial charge in [0.05, 0.1) is 17.5 Å². The van der Waals surface area contributed by atoms with Crippen LogP contribution >= 0.6 is 0 Å². The van der Waals surface area contributed by atoms with E-state index in [0.29, 0.717) is 13.0 Å². The van der Waals surface area contributed by atoms with Crippen LogP contribution in [-0.4, -0.2) is 49.6 Å². The number of likely N-dealkylation sites (tertiary alicyclic amines) is 1. The second-order valence-corrected chi connectivity index (χ2v) is 8.84. The van der Waals surface area contributed by atoms with Gasteiger partial charge in [-0.3, -0.25) is 4.79 Å². The van der Waals surface area contributed by atoms with Gasteiger partial charge in [-0.25, -0.2) is 8.42 Å². The zero-order chi connectivity index (χ0) is 18.6. The highest BCUT2D eigenvalue weighted by Gasteiger charge is 2.35. The van der Waals surface area contributed by atoms with Crippen LogP contribution in [0.3, 0.4) is 0 Å². The molecule has 1 amide bonds. The van der Waals surface area contributed by atoms with E-state index in [9.17, 15) is 18.3 Å². The van der Waals surface area contributed by atoms with Crippen molar-refractivity contribution in [3.05, 3.63) is 29.8 Å². The molecule has 1 heterocycles. The molecule has 0 aromatic heterocycles. The molecule has 0 radical (unpaired) electrons. The Morgan fingerprint density at radius 3 is 2.52 bits per heavy atom. The molecule has 1 fully saturated rings. The molecular weight excluding hydrogens is 340 g/mol. The fourth-order valence-electron chi connectivity index (χ4n) is 3.16. The van der Waals surface area contributed by atoms with Gasteiger partial charge in [0.25, 0.3) is 0 Å². The molecule has 6 nitrogen and oxygen atoms in total. The van der Waals surface area contributed by atoms with Crippen molar-refractivity contribution >= 4 is 15.9 Å². The summed E-state index contributed by atoms with van der Waals surface area (Å²) in [5.74, 6) is -0.0919. The van der Waals surface area contributed by atoms with E-state index in [0.717, 1.165) is 18.4 Å². The van der Waals surface area contributed by atoms with Gasteiger partial charge >= 0.3 is 0 Å². The third-order valence-corrected chi connectivity index (χ3v) is 5.99. The Kier molecular flexibility index (Phi) is 6.59.